The summed E-state index contributed by atoms with van der Waals surface area (Å²) in [5.41, 5.74) is 2.03. The van der Waals surface area contributed by atoms with E-state index < -0.39 is 6.10 Å². The molecular weight excluding hydrogens is 402 g/mol. The number of rotatable bonds is 5. The molecule has 30 heavy (non-hydrogen) atoms. The number of ether oxygens (including phenoxy) is 1. The van der Waals surface area contributed by atoms with Gasteiger partial charge in [-0.3, -0.25) is 10.1 Å². The van der Waals surface area contributed by atoms with E-state index in [1.807, 2.05) is 24.4 Å². The van der Waals surface area contributed by atoms with Crippen LogP contribution in [0.15, 0.2) is 53.3 Å². The molecule has 0 spiro atoms. The van der Waals surface area contributed by atoms with E-state index in [9.17, 15) is 9.90 Å². The number of nitrogens with zero attached hydrogens (tertiary/aromatic N) is 1. The molecule has 4 aromatic rings. The largest absolute Gasteiger partial charge is 0.463 e. The molecule has 0 bridgehead atoms. The molecule has 1 atom stereocenters. The normalized spacial score (nSPS) is 16.0. The van der Waals surface area contributed by atoms with Crippen molar-refractivity contribution in [2.75, 3.05) is 18.5 Å². The number of aliphatic hydroxyl groups is 1. The van der Waals surface area contributed by atoms with Gasteiger partial charge in [0.1, 0.15) is 5.69 Å². The molecule has 4 heterocycles. The predicted molar refractivity (Wildman–Crippen MR) is 115 cm³/mol. The standard InChI is InChI=1S/C22H21N3O4S/c26-19(13-7-11-28-12-8-13)20-18(17-5-2-10-29-17)24-22(30-20)25-21(27)15-3-1-4-16-14(15)6-9-23-16/h1-6,9-10,13,19,23,26H,7-8,11-12H2,(H,24,25,27). The second-order valence-electron chi connectivity index (χ2n) is 7.30. The number of carbonyl (C=O) groups excluding carboxylic acids is 1. The smallest absolute Gasteiger partial charge is 0.258 e. The van der Waals surface area contributed by atoms with Gasteiger partial charge in [-0.25, -0.2) is 4.98 Å². The first-order valence-corrected chi connectivity index (χ1v) is 10.7. The Morgan fingerprint density at radius 3 is 2.90 bits per heavy atom. The summed E-state index contributed by atoms with van der Waals surface area (Å²) in [4.78, 5) is 21.4. The maximum absolute atomic E-state index is 12.9. The Kier molecular flexibility index (Phi) is 5.12. The van der Waals surface area contributed by atoms with Crippen molar-refractivity contribution in [1.82, 2.24) is 9.97 Å². The van der Waals surface area contributed by atoms with Gasteiger partial charge < -0.3 is 19.2 Å². The number of thiazole rings is 1. The van der Waals surface area contributed by atoms with Crippen LogP contribution >= 0.6 is 11.3 Å². The Labute approximate surface area is 176 Å². The van der Waals surface area contributed by atoms with Crippen LogP contribution in [-0.2, 0) is 4.74 Å². The van der Waals surface area contributed by atoms with Crippen LogP contribution in [0.5, 0.6) is 0 Å². The molecule has 1 amide bonds. The third kappa shape index (κ3) is 3.54. The highest BCUT2D eigenvalue weighted by molar-refractivity contribution is 7.16. The molecule has 1 fully saturated rings. The molecule has 1 aromatic carbocycles. The molecule has 0 radical (unpaired) electrons. The van der Waals surface area contributed by atoms with E-state index in [1.165, 1.54) is 11.3 Å². The van der Waals surface area contributed by atoms with Crippen LogP contribution in [-0.4, -0.2) is 34.2 Å². The zero-order valence-electron chi connectivity index (χ0n) is 16.1. The van der Waals surface area contributed by atoms with E-state index >= 15 is 0 Å². The predicted octanol–water partition coefficient (Wildman–Crippen LogP) is 4.60. The van der Waals surface area contributed by atoms with Gasteiger partial charge in [-0.2, -0.15) is 0 Å². The fourth-order valence-corrected chi connectivity index (χ4v) is 4.91. The van der Waals surface area contributed by atoms with Crippen LogP contribution in [0.1, 0.15) is 34.2 Å². The van der Waals surface area contributed by atoms with Crippen LogP contribution in [0.2, 0.25) is 0 Å². The summed E-state index contributed by atoms with van der Waals surface area (Å²) in [6, 6.07) is 11.0. The number of nitrogens with one attached hydrogen (secondary N) is 2. The minimum atomic E-state index is -0.690. The number of amides is 1. The summed E-state index contributed by atoms with van der Waals surface area (Å²) in [7, 11) is 0. The first-order valence-electron chi connectivity index (χ1n) is 9.88. The number of hydrogen-bond donors (Lipinski definition) is 3. The van der Waals surface area contributed by atoms with Crippen LogP contribution < -0.4 is 5.32 Å². The van der Waals surface area contributed by atoms with Crippen molar-refractivity contribution in [2.24, 2.45) is 5.92 Å². The fourth-order valence-electron chi connectivity index (χ4n) is 3.87. The van der Waals surface area contributed by atoms with Gasteiger partial charge in [-0.1, -0.05) is 17.4 Å². The minimum absolute atomic E-state index is 0.0880. The Hall–Kier alpha value is -2.94. The third-order valence-corrected chi connectivity index (χ3v) is 6.49. The number of aliphatic hydroxyl groups excluding tert-OH is 1. The van der Waals surface area contributed by atoms with Gasteiger partial charge in [-0.15, -0.1) is 0 Å². The highest BCUT2D eigenvalue weighted by Crippen LogP contribution is 2.41. The molecule has 5 rings (SSSR count). The molecule has 0 saturated carbocycles. The van der Waals surface area contributed by atoms with Gasteiger partial charge in [0.15, 0.2) is 10.9 Å². The van der Waals surface area contributed by atoms with Crippen LogP contribution in [0.4, 0.5) is 5.13 Å². The lowest BCUT2D eigenvalue weighted by Gasteiger charge is -2.26. The number of fused-ring (bicyclic) bond motifs is 1. The van der Waals surface area contributed by atoms with Gasteiger partial charge in [0.25, 0.3) is 5.91 Å². The lowest BCUT2D eigenvalue weighted by molar-refractivity contribution is 0.00862. The van der Waals surface area contributed by atoms with E-state index in [1.54, 1.807) is 24.5 Å². The Bertz CT molecular complexity index is 1160. The zero-order valence-corrected chi connectivity index (χ0v) is 16.9. The van der Waals surface area contributed by atoms with Gasteiger partial charge >= 0.3 is 0 Å². The molecular formula is C22H21N3O4S. The van der Waals surface area contributed by atoms with Gasteiger partial charge in [-0.05, 0) is 49.1 Å². The molecule has 154 valence electrons. The molecule has 3 aromatic heterocycles. The Morgan fingerprint density at radius 2 is 2.10 bits per heavy atom. The monoisotopic (exact) mass is 423 g/mol. The number of aromatic amines is 1. The van der Waals surface area contributed by atoms with Gasteiger partial charge in [0.05, 0.1) is 17.2 Å². The molecule has 1 unspecified atom stereocenters. The summed E-state index contributed by atoms with van der Waals surface area (Å²) in [6.45, 7) is 1.28. The summed E-state index contributed by atoms with van der Waals surface area (Å²) in [5.74, 6) is 0.415. The molecule has 3 N–H and O–H groups in total. The fraction of sp³-hybridized carbons (Fsp3) is 0.273. The first-order chi connectivity index (χ1) is 14.7. The van der Waals surface area contributed by atoms with Crippen molar-refractivity contribution in [2.45, 2.75) is 18.9 Å². The van der Waals surface area contributed by atoms with Crippen LogP contribution in [0.25, 0.3) is 22.4 Å². The molecule has 1 saturated heterocycles. The van der Waals surface area contributed by atoms with Crippen molar-refractivity contribution >= 4 is 33.3 Å². The minimum Gasteiger partial charge on any atom is -0.463 e. The van der Waals surface area contributed by atoms with E-state index in [-0.39, 0.29) is 11.8 Å². The van der Waals surface area contributed by atoms with Crippen molar-refractivity contribution in [1.29, 1.82) is 0 Å². The molecule has 1 aliphatic heterocycles. The van der Waals surface area contributed by atoms with Crippen molar-refractivity contribution < 1.29 is 19.1 Å². The quantitative estimate of drug-likeness (QED) is 0.436. The molecule has 0 aliphatic carbocycles. The molecule has 8 heteroatoms. The summed E-state index contributed by atoms with van der Waals surface area (Å²) < 4.78 is 11.0. The number of hydrogen-bond acceptors (Lipinski definition) is 6. The van der Waals surface area contributed by atoms with E-state index in [0.29, 0.717) is 40.2 Å². The summed E-state index contributed by atoms with van der Waals surface area (Å²) >= 11 is 1.29. The molecule has 7 nitrogen and oxygen atoms in total. The topological polar surface area (TPSA) is 100 Å². The van der Waals surface area contributed by atoms with Crippen LogP contribution in [0.3, 0.4) is 0 Å². The SMILES string of the molecule is O=C(Nc1nc(-c2ccco2)c(C(O)C2CCOCC2)s1)c1cccc2[nH]ccc12. The Balaban J connectivity index is 1.47. The number of aromatic nitrogens is 2. The number of furan rings is 1. The second kappa shape index (κ2) is 8.06. The lowest BCUT2D eigenvalue weighted by Crippen LogP contribution is -2.21. The van der Waals surface area contributed by atoms with E-state index in [0.717, 1.165) is 23.7 Å². The average molecular weight is 423 g/mol. The van der Waals surface area contributed by atoms with Gasteiger partial charge in [0.2, 0.25) is 0 Å². The number of anilines is 1. The number of H-pyrrole nitrogens is 1. The summed E-state index contributed by atoms with van der Waals surface area (Å²) in [6.07, 6.45) is 4.26. The molecule has 1 aliphatic rings. The van der Waals surface area contributed by atoms with Gasteiger partial charge in [0, 0.05) is 35.9 Å². The third-order valence-electron chi connectivity index (χ3n) is 5.45. The lowest BCUT2D eigenvalue weighted by atomic mass is 9.92. The Morgan fingerprint density at radius 1 is 1.23 bits per heavy atom. The highest BCUT2D eigenvalue weighted by Gasteiger charge is 2.30. The van der Waals surface area contributed by atoms with E-state index in [2.05, 4.69) is 15.3 Å². The van der Waals surface area contributed by atoms with Crippen molar-refractivity contribution in [3.63, 3.8) is 0 Å². The first kappa shape index (κ1) is 19.0. The maximum Gasteiger partial charge on any atom is 0.258 e. The van der Waals surface area contributed by atoms with Crippen molar-refractivity contribution in [3.05, 3.63) is 59.3 Å². The van der Waals surface area contributed by atoms with Crippen molar-refractivity contribution in [3.8, 4) is 11.5 Å². The number of benzene rings is 1. The van der Waals surface area contributed by atoms with Crippen LogP contribution in [0, 0.1) is 5.92 Å². The zero-order chi connectivity index (χ0) is 20.5. The summed E-state index contributed by atoms with van der Waals surface area (Å²) in [5, 5.41) is 15.2. The second-order valence-corrected chi connectivity index (χ2v) is 8.33. The number of carbonyl (C=O) groups is 1. The van der Waals surface area contributed by atoms with E-state index in [4.69, 9.17) is 9.15 Å². The average Bonchev–Trinajstić information content (AvgIpc) is 3.53. The maximum atomic E-state index is 12.9. The highest BCUT2D eigenvalue weighted by atomic mass is 32.1.